The Bertz CT molecular complexity index is 527. The van der Waals surface area contributed by atoms with Crippen molar-refractivity contribution in [1.29, 1.82) is 0 Å². The maximum absolute atomic E-state index is 12.7. The van der Waals surface area contributed by atoms with E-state index in [1.807, 2.05) is 20.8 Å². The summed E-state index contributed by atoms with van der Waals surface area (Å²) in [6, 6.07) is 5.17. The molecule has 0 bridgehead atoms. The summed E-state index contributed by atoms with van der Waals surface area (Å²) in [6.07, 6.45) is 0.110. The van der Waals surface area contributed by atoms with Crippen LogP contribution in [0.2, 0.25) is 0 Å². The van der Waals surface area contributed by atoms with E-state index in [-0.39, 0.29) is 5.91 Å². The van der Waals surface area contributed by atoms with Gasteiger partial charge in [-0.3, -0.25) is 4.79 Å². The van der Waals surface area contributed by atoms with E-state index < -0.39 is 11.6 Å². The molecule has 0 spiro atoms. The first-order valence-corrected chi connectivity index (χ1v) is 7.22. The van der Waals surface area contributed by atoms with E-state index in [0.29, 0.717) is 36.6 Å². The van der Waals surface area contributed by atoms with Crippen LogP contribution in [0.3, 0.4) is 0 Å². The number of carbonyl (C=O) groups is 1. The molecule has 116 valence electrons. The maximum atomic E-state index is 12.7. The molecule has 21 heavy (non-hydrogen) atoms. The standard InChI is InChI=1S/C16H23NO4/c1-5-21-12-7-6-11(10-13(12)20-4)15(19)17-9-8-14(18)16(17,2)3/h6-7,10,14,18H,5,8-9H2,1-4H3/t14-/m1/s1. The van der Waals surface area contributed by atoms with Crippen LogP contribution in [-0.4, -0.2) is 47.8 Å². The van der Waals surface area contributed by atoms with E-state index in [2.05, 4.69) is 0 Å². The monoisotopic (exact) mass is 293 g/mol. The van der Waals surface area contributed by atoms with Gasteiger partial charge in [0.2, 0.25) is 0 Å². The predicted molar refractivity (Wildman–Crippen MR) is 79.9 cm³/mol. The van der Waals surface area contributed by atoms with Crippen LogP contribution in [0.5, 0.6) is 11.5 Å². The van der Waals surface area contributed by atoms with Crippen molar-refractivity contribution in [1.82, 2.24) is 4.90 Å². The van der Waals surface area contributed by atoms with Crippen LogP contribution in [0.1, 0.15) is 37.6 Å². The fourth-order valence-electron chi connectivity index (χ4n) is 2.67. The van der Waals surface area contributed by atoms with Crippen LogP contribution in [0.4, 0.5) is 0 Å². The molecule has 5 heteroatoms. The largest absolute Gasteiger partial charge is 0.493 e. The van der Waals surface area contributed by atoms with Gasteiger partial charge in [0.25, 0.3) is 5.91 Å². The van der Waals surface area contributed by atoms with E-state index in [4.69, 9.17) is 9.47 Å². The summed E-state index contributed by atoms with van der Waals surface area (Å²) in [5.41, 5.74) is -0.0133. The molecule has 1 aliphatic heterocycles. The van der Waals surface area contributed by atoms with Gasteiger partial charge in [-0.05, 0) is 45.4 Å². The summed E-state index contributed by atoms with van der Waals surface area (Å²) < 4.78 is 10.7. The van der Waals surface area contributed by atoms with Gasteiger partial charge in [-0.15, -0.1) is 0 Å². The topological polar surface area (TPSA) is 59.0 Å². The second kappa shape index (κ2) is 5.93. The Balaban J connectivity index is 2.28. The summed E-state index contributed by atoms with van der Waals surface area (Å²) in [7, 11) is 1.55. The molecule has 1 amide bonds. The van der Waals surface area contributed by atoms with Gasteiger partial charge in [0.05, 0.1) is 25.4 Å². The van der Waals surface area contributed by atoms with E-state index in [0.717, 1.165) is 0 Å². The molecule has 1 heterocycles. The van der Waals surface area contributed by atoms with Gasteiger partial charge in [-0.1, -0.05) is 0 Å². The lowest BCUT2D eigenvalue weighted by Gasteiger charge is -2.34. The summed E-state index contributed by atoms with van der Waals surface area (Å²) in [5, 5.41) is 10.00. The molecule has 1 aromatic rings. The Morgan fingerprint density at radius 2 is 2.14 bits per heavy atom. The van der Waals surface area contributed by atoms with Gasteiger partial charge in [-0.2, -0.15) is 0 Å². The lowest BCUT2D eigenvalue weighted by atomic mass is 9.98. The average molecular weight is 293 g/mol. The number of methoxy groups -OCH3 is 1. The second-order valence-corrected chi connectivity index (χ2v) is 5.71. The quantitative estimate of drug-likeness (QED) is 0.923. The Morgan fingerprint density at radius 3 is 2.67 bits per heavy atom. The zero-order chi connectivity index (χ0) is 15.6. The predicted octanol–water partition coefficient (Wildman–Crippen LogP) is 2.08. The SMILES string of the molecule is CCOc1ccc(C(=O)N2CC[C@@H](O)C2(C)C)cc1OC. The number of ether oxygens (including phenoxy) is 2. The minimum atomic E-state index is -0.553. The third kappa shape index (κ3) is 2.83. The van der Waals surface area contributed by atoms with Crippen molar-refractivity contribution < 1.29 is 19.4 Å². The van der Waals surface area contributed by atoms with Gasteiger partial charge in [0.15, 0.2) is 11.5 Å². The Morgan fingerprint density at radius 1 is 1.43 bits per heavy atom. The molecule has 1 aromatic carbocycles. The lowest BCUT2D eigenvalue weighted by Crippen LogP contribution is -2.48. The van der Waals surface area contributed by atoms with E-state index >= 15 is 0 Å². The van der Waals surface area contributed by atoms with Crippen molar-refractivity contribution in [2.75, 3.05) is 20.3 Å². The van der Waals surface area contributed by atoms with Gasteiger partial charge in [0, 0.05) is 12.1 Å². The van der Waals surface area contributed by atoms with E-state index in [1.54, 1.807) is 30.2 Å². The molecule has 0 saturated carbocycles. The number of aliphatic hydroxyl groups excluding tert-OH is 1. The first-order valence-electron chi connectivity index (χ1n) is 7.22. The van der Waals surface area contributed by atoms with E-state index in [9.17, 15) is 9.90 Å². The number of amides is 1. The van der Waals surface area contributed by atoms with Crippen molar-refractivity contribution in [3.05, 3.63) is 23.8 Å². The molecule has 0 aromatic heterocycles. The number of aliphatic hydroxyl groups is 1. The highest BCUT2D eigenvalue weighted by atomic mass is 16.5. The molecule has 0 unspecified atom stereocenters. The van der Waals surface area contributed by atoms with Gasteiger partial charge < -0.3 is 19.5 Å². The first kappa shape index (κ1) is 15.6. The van der Waals surface area contributed by atoms with Gasteiger partial charge in [0.1, 0.15) is 0 Å². The molecule has 0 radical (unpaired) electrons. The highest BCUT2D eigenvalue weighted by Gasteiger charge is 2.43. The fourth-order valence-corrected chi connectivity index (χ4v) is 2.67. The van der Waals surface area contributed by atoms with Crippen molar-refractivity contribution in [2.45, 2.75) is 38.8 Å². The molecular formula is C16H23NO4. The Kier molecular flexibility index (Phi) is 4.42. The Labute approximate surface area is 125 Å². The summed E-state index contributed by atoms with van der Waals surface area (Å²) in [5.74, 6) is 1.07. The smallest absolute Gasteiger partial charge is 0.254 e. The number of benzene rings is 1. The third-order valence-corrected chi connectivity index (χ3v) is 4.09. The molecule has 1 N–H and O–H groups in total. The summed E-state index contributed by atoms with van der Waals surface area (Å²) in [4.78, 5) is 14.4. The molecule has 1 fully saturated rings. The van der Waals surface area contributed by atoms with Crippen LogP contribution in [0.25, 0.3) is 0 Å². The number of nitrogens with zero attached hydrogens (tertiary/aromatic N) is 1. The van der Waals surface area contributed by atoms with E-state index in [1.165, 1.54) is 0 Å². The number of hydrogen-bond donors (Lipinski definition) is 1. The maximum Gasteiger partial charge on any atom is 0.254 e. The third-order valence-electron chi connectivity index (χ3n) is 4.09. The normalized spacial score (nSPS) is 20.4. The van der Waals surface area contributed by atoms with Crippen LogP contribution in [0, 0.1) is 0 Å². The van der Waals surface area contributed by atoms with Gasteiger partial charge in [-0.25, -0.2) is 0 Å². The molecule has 5 nitrogen and oxygen atoms in total. The molecular weight excluding hydrogens is 270 g/mol. The molecule has 1 atom stereocenters. The highest BCUT2D eigenvalue weighted by molar-refractivity contribution is 5.95. The average Bonchev–Trinajstić information content (AvgIpc) is 2.73. The van der Waals surface area contributed by atoms with Crippen molar-refractivity contribution >= 4 is 5.91 Å². The van der Waals surface area contributed by atoms with Crippen LogP contribution < -0.4 is 9.47 Å². The zero-order valence-corrected chi connectivity index (χ0v) is 13.0. The molecule has 1 saturated heterocycles. The highest BCUT2D eigenvalue weighted by Crippen LogP contribution is 2.33. The number of hydrogen-bond acceptors (Lipinski definition) is 4. The lowest BCUT2D eigenvalue weighted by molar-refractivity contribution is 0.0394. The van der Waals surface area contributed by atoms with Crippen molar-refractivity contribution in [3.8, 4) is 11.5 Å². The number of rotatable bonds is 4. The molecule has 2 rings (SSSR count). The minimum absolute atomic E-state index is 0.0992. The fraction of sp³-hybridized carbons (Fsp3) is 0.562. The minimum Gasteiger partial charge on any atom is -0.493 e. The van der Waals surface area contributed by atoms with Crippen LogP contribution >= 0.6 is 0 Å². The van der Waals surface area contributed by atoms with Gasteiger partial charge >= 0.3 is 0 Å². The van der Waals surface area contributed by atoms with Crippen molar-refractivity contribution in [2.24, 2.45) is 0 Å². The molecule has 1 aliphatic rings. The van der Waals surface area contributed by atoms with Crippen LogP contribution in [0.15, 0.2) is 18.2 Å². The Hall–Kier alpha value is -1.75. The van der Waals surface area contributed by atoms with Crippen molar-refractivity contribution in [3.63, 3.8) is 0 Å². The summed E-state index contributed by atoms with van der Waals surface area (Å²) in [6.45, 7) is 6.76. The number of likely N-dealkylation sites (tertiary alicyclic amines) is 1. The second-order valence-electron chi connectivity index (χ2n) is 5.71. The molecule has 0 aliphatic carbocycles. The van der Waals surface area contributed by atoms with Crippen LogP contribution in [-0.2, 0) is 0 Å². The first-order chi connectivity index (χ1) is 9.91. The number of carbonyl (C=O) groups excluding carboxylic acids is 1. The summed E-state index contributed by atoms with van der Waals surface area (Å²) >= 11 is 0. The zero-order valence-electron chi connectivity index (χ0n) is 13.0.